The molecule has 6 heteroatoms. The van der Waals surface area contributed by atoms with Gasteiger partial charge >= 0.3 is 0 Å². The SMILES string of the molecule is C=C1C=CC(I)=C/C1=N/N(N)c1cc(CCO)cc(C)c1O. The zero-order valence-electron chi connectivity index (χ0n) is 12.3. The van der Waals surface area contributed by atoms with Gasteiger partial charge in [0.05, 0.1) is 5.71 Å². The molecule has 0 atom stereocenters. The number of halogens is 1. The van der Waals surface area contributed by atoms with Crippen LogP contribution in [0.25, 0.3) is 0 Å². The fourth-order valence-electron chi connectivity index (χ4n) is 2.08. The summed E-state index contributed by atoms with van der Waals surface area (Å²) in [5, 5.41) is 24.7. The number of aromatic hydroxyl groups is 1. The highest BCUT2D eigenvalue weighted by Gasteiger charge is 2.13. The minimum atomic E-state index is 0.0330. The molecule has 0 amide bonds. The van der Waals surface area contributed by atoms with E-state index in [0.29, 0.717) is 23.4 Å². The molecule has 0 unspecified atom stereocenters. The molecule has 0 aliphatic heterocycles. The van der Waals surface area contributed by atoms with Crippen LogP contribution in [0.1, 0.15) is 11.1 Å². The number of aliphatic hydroxyl groups is 1. The van der Waals surface area contributed by atoms with Crippen LogP contribution in [-0.2, 0) is 6.42 Å². The van der Waals surface area contributed by atoms with Crippen LogP contribution in [0.4, 0.5) is 5.69 Å². The summed E-state index contributed by atoms with van der Waals surface area (Å²) in [6.07, 6.45) is 6.16. The number of phenolic OH excluding ortho intramolecular Hbond substituents is 1. The van der Waals surface area contributed by atoms with E-state index < -0.39 is 0 Å². The van der Waals surface area contributed by atoms with Gasteiger partial charge in [0.25, 0.3) is 0 Å². The van der Waals surface area contributed by atoms with Gasteiger partial charge in [-0.3, -0.25) is 0 Å². The monoisotopic (exact) mass is 411 g/mol. The number of hydrogen-bond acceptors (Lipinski definition) is 5. The predicted octanol–water partition coefficient (Wildman–Crippen LogP) is 2.72. The first-order valence-electron chi connectivity index (χ1n) is 6.73. The maximum Gasteiger partial charge on any atom is 0.145 e. The number of hydrazone groups is 1. The van der Waals surface area contributed by atoms with Gasteiger partial charge in [0.1, 0.15) is 11.4 Å². The molecule has 1 aromatic rings. The van der Waals surface area contributed by atoms with E-state index in [9.17, 15) is 5.11 Å². The molecule has 0 bridgehead atoms. The van der Waals surface area contributed by atoms with E-state index in [2.05, 4.69) is 34.3 Å². The van der Waals surface area contributed by atoms with Crippen LogP contribution in [0.3, 0.4) is 0 Å². The molecule has 0 saturated carbocycles. The highest BCUT2D eigenvalue weighted by atomic mass is 127. The van der Waals surface area contributed by atoms with Gasteiger partial charge in [0.15, 0.2) is 0 Å². The Kier molecular flexibility index (Phi) is 5.38. The van der Waals surface area contributed by atoms with Crippen molar-refractivity contribution in [1.29, 1.82) is 0 Å². The van der Waals surface area contributed by atoms with Crippen LogP contribution in [-0.4, -0.2) is 22.5 Å². The molecule has 0 heterocycles. The number of nitrogens with two attached hydrogens (primary N) is 1. The average molecular weight is 411 g/mol. The third kappa shape index (κ3) is 3.76. The van der Waals surface area contributed by atoms with Crippen molar-refractivity contribution >= 4 is 34.0 Å². The standard InChI is InChI=1S/C16H18IN3O2/c1-10-3-4-13(17)9-14(10)19-20(18)15-8-12(5-6-21)7-11(2)16(15)22/h3-4,7-9,21-22H,1,5-6,18H2,2H3/b19-14-. The summed E-state index contributed by atoms with van der Waals surface area (Å²) in [6.45, 7) is 5.74. The predicted molar refractivity (Wildman–Crippen MR) is 98.1 cm³/mol. The maximum atomic E-state index is 10.2. The molecule has 0 saturated heterocycles. The first-order chi connectivity index (χ1) is 10.4. The van der Waals surface area contributed by atoms with E-state index in [1.165, 1.54) is 0 Å². The smallest absolute Gasteiger partial charge is 0.145 e. The zero-order valence-corrected chi connectivity index (χ0v) is 14.4. The van der Waals surface area contributed by atoms with Crippen LogP contribution in [0.5, 0.6) is 5.75 Å². The second kappa shape index (κ2) is 7.08. The molecular formula is C16H18IN3O2. The maximum absolute atomic E-state index is 10.2. The Hall–Kier alpha value is -1.64. The Balaban J connectivity index is 2.39. The van der Waals surface area contributed by atoms with Crippen molar-refractivity contribution in [2.45, 2.75) is 13.3 Å². The number of nitrogens with zero attached hydrogens (tertiary/aromatic N) is 2. The largest absolute Gasteiger partial charge is 0.505 e. The quantitative estimate of drug-likeness (QED) is 0.404. The van der Waals surface area contributed by atoms with E-state index in [1.807, 2.05) is 24.3 Å². The van der Waals surface area contributed by atoms with E-state index in [-0.39, 0.29) is 12.4 Å². The van der Waals surface area contributed by atoms with Gasteiger partial charge in [0, 0.05) is 10.2 Å². The van der Waals surface area contributed by atoms with E-state index in [0.717, 1.165) is 19.8 Å². The van der Waals surface area contributed by atoms with Crippen molar-refractivity contribution in [2.24, 2.45) is 10.9 Å². The molecule has 2 rings (SSSR count). The van der Waals surface area contributed by atoms with E-state index >= 15 is 0 Å². The summed E-state index contributed by atoms with van der Waals surface area (Å²) in [7, 11) is 0. The number of benzene rings is 1. The Morgan fingerprint density at radius 2 is 2.09 bits per heavy atom. The summed E-state index contributed by atoms with van der Waals surface area (Å²) < 4.78 is 1.02. The van der Waals surface area contributed by atoms with Crippen LogP contribution in [0.15, 0.2) is 51.2 Å². The zero-order chi connectivity index (χ0) is 16.3. The van der Waals surface area contributed by atoms with Crippen molar-refractivity contribution in [3.63, 3.8) is 0 Å². The molecule has 0 fully saturated rings. The van der Waals surface area contributed by atoms with E-state index in [4.69, 9.17) is 10.9 Å². The Morgan fingerprint density at radius 1 is 1.36 bits per heavy atom. The van der Waals surface area contributed by atoms with Gasteiger partial charge in [0.2, 0.25) is 0 Å². The minimum Gasteiger partial charge on any atom is -0.505 e. The third-order valence-electron chi connectivity index (χ3n) is 3.25. The number of anilines is 1. The fourth-order valence-corrected chi connectivity index (χ4v) is 2.56. The molecule has 5 nitrogen and oxygen atoms in total. The first-order valence-corrected chi connectivity index (χ1v) is 7.81. The highest BCUT2D eigenvalue weighted by molar-refractivity contribution is 14.1. The second-order valence-electron chi connectivity index (χ2n) is 4.97. The number of hydrogen-bond donors (Lipinski definition) is 3. The molecule has 0 spiro atoms. The summed E-state index contributed by atoms with van der Waals surface area (Å²) in [5.74, 6) is 6.07. The average Bonchev–Trinajstić information content (AvgIpc) is 2.46. The molecule has 0 radical (unpaired) electrons. The lowest BCUT2D eigenvalue weighted by Gasteiger charge is -2.19. The molecule has 4 N–H and O–H groups in total. The summed E-state index contributed by atoms with van der Waals surface area (Å²) >= 11 is 2.19. The molecule has 116 valence electrons. The number of rotatable bonds is 4. The third-order valence-corrected chi connectivity index (χ3v) is 3.92. The summed E-state index contributed by atoms with van der Waals surface area (Å²) in [4.78, 5) is 0. The Morgan fingerprint density at radius 3 is 2.77 bits per heavy atom. The van der Waals surface area contributed by atoms with Gasteiger partial charge in [-0.2, -0.15) is 10.2 Å². The number of aliphatic hydroxyl groups excluding tert-OH is 1. The Labute approximate surface area is 143 Å². The van der Waals surface area contributed by atoms with Crippen molar-refractivity contribution in [3.8, 4) is 5.75 Å². The second-order valence-corrected chi connectivity index (χ2v) is 6.22. The van der Waals surface area contributed by atoms with Crippen LogP contribution < -0.4 is 11.0 Å². The number of allylic oxidation sites excluding steroid dienone is 5. The van der Waals surface area contributed by atoms with Gasteiger partial charge in [-0.05, 0) is 70.9 Å². The van der Waals surface area contributed by atoms with Crippen molar-refractivity contribution in [3.05, 3.63) is 57.2 Å². The number of aryl methyl sites for hydroxylation is 1. The molecule has 1 aromatic carbocycles. The number of hydrazine groups is 1. The van der Waals surface area contributed by atoms with Gasteiger partial charge < -0.3 is 10.2 Å². The highest BCUT2D eigenvalue weighted by Crippen LogP contribution is 2.31. The summed E-state index contributed by atoms with van der Waals surface area (Å²) in [5.41, 5.74) is 3.35. The van der Waals surface area contributed by atoms with Gasteiger partial charge in [-0.1, -0.05) is 18.7 Å². The Bertz CT molecular complexity index is 693. The lowest BCUT2D eigenvalue weighted by Crippen LogP contribution is -2.27. The van der Waals surface area contributed by atoms with Gasteiger partial charge in [-0.15, -0.1) is 0 Å². The topological polar surface area (TPSA) is 82.1 Å². The van der Waals surface area contributed by atoms with Crippen LogP contribution >= 0.6 is 22.6 Å². The van der Waals surface area contributed by atoms with Crippen molar-refractivity contribution in [2.75, 3.05) is 11.7 Å². The molecular weight excluding hydrogens is 393 g/mol. The lowest BCUT2D eigenvalue weighted by molar-refractivity contribution is 0.299. The molecule has 22 heavy (non-hydrogen) atoms. The normalized spacial score (nSPS) is 16.1. The first kappa shape index (κ1) is 16.7. The van der Waals surface area contributed by atoms with E-state index in [1.54, 1.807) is 13.0 Å². The number of phenols is 1. The molecule has 1 aliphatic rings. The van der Waals surface area contributed by atoms with Crippen LogP contribution in [0.2, 0.25) is 0 Å². The van der Waals surface area contributed by atoms with Crippen molar-refractivity contribution < 1.29 is 10.2 Å². The van der Waals surface area contributed by atoms with Crippen LogP contribution in [0, 0.1) is 6.92 Å². The fraction of sp³-hybridized carbons (Fsp3) is 0.188. The summed E-state index contributed by atoms with van der Waals surface area (Å²) in [6, 6.07) is 3.54. The van der Waals surface area contributed by atoms with Crippen molar-refractivity contribution in [1.82, 2.24) is 0 Å². The lowest BCUT2D eigenvalue weighted by atomic mass is 10.1. The minimum absolute atomic E-state index is 0.0330. The molecule has 0 aromatic heterocycles. The molecule has 1 aliphatic carbocycles. The van der Waals surface area contributed by atoms with Gasteiger partial charge in [-0.25, -0.2) is 5.84 Å².